The topological polar surface area (TPSA) is 41.5 Å². The number of halogens is 1. The van der Waals surface area contributed by atoms with Crippen LogP contribution in [0.25, 0.3) is 5.70 Å². The molecule has 0 amide bonds. The number of phenolic OH excluding ortho intramolecular Hbond substituents is 1. The van der Waals surface area contributed by atoms with Crippen LogP contribution < -0.4 is 5.48 Å². The van der Waals surface area contributed by atoms with Gasteiger partial charge in [0.15, 0.2) is 0 Å². The monoisotopic (exact) mass is 367 g/mol. The molecule has 0 radical (unpaired) electrons. The zero-order valence-electron chi connectivity index (χ0n) is 14.2. The zero-order valence-corrected chi connectivity index (χ0v) is 15.8. The fraction of sp³-hybridized carbons (Fsp3) is 0.556. The number of benzene rings is 1. The lowest BCUT2D eigenvalue weighted by atomic mass is 9.78. The van der Waals surface area contributed by atoms with Gasteiger partial charge in [-0.3, -0.25) is 10.3 Å². The van der Waals surface area contributed by atoms with Crippen molar-refractivity contribution in [3.05, 3.63) is 34.9 Å². The van der Waals surface area contributed by atoms with Gasteiger partial charge in [0.2, 0.25) is 0 Å². The fourth-order valence-electron chi connectivity index (χ4n) is 2.56. The SMILES string of the molecule is CC(C)(C)c1cc(C2=C[C@H](CBr)ON2)cc(C(C)(C)C)c1O. The van der Waals surface area contributed by atoms with Crippen LogP contribution in [0.5, 0.6) is 5.75 Å². The molecule has 1 heterocycles. The standard InChI is InChI=1S/C18H26BrNO2/c1-17(2,3)13-7-11(15-9-12(10-19)22-20-15)8-14(16(13)21)18(4,5)6/h7-9,12,20-21H,10H2,1-6H3/t12-/m1/s1. The van der Waals surface area contributed by atoms with E-state index in [1.165, 1.54) is 0 Å². The number of hydrogen-bond donors (Lipinski definition) is 2. The van der Waals surface area contributed by atoms with Gasteiger partial charge in [-0.05, 0) is 29.0 Å². The van der Waals surface area contributed by atoms with Crippen molar-refractivity contribution in [2.45, 2.75) is 58.5 Å². The van der Waals surface area contributed by atoms with E-state index in [0.717, 1.165) is 27.7 Å². The van der Waals surface area contributed by atoms with E-state index in [1.807, 2.05) is 0 Å². The van der Waals surface area contributed by atoms with Gasteiger partial charge >= 0.3 is 0 Å². The first-order chi connectivity index (χ1) is 10.0. The van der Waals surface area contributed by atoms with Crippen molar-refractivity contribution in [2.75, 3.05) is 5.33 Å². The highest BCUT2D eigenvalue weighted by molar-refractivity contribution is 9.09. The third-order valence-electron chi connectivity index (χ3n) is 3.86. The number of nitrogens with one attached hydrogen (secondary N) is 1. The van der Waals surface area contributed by atoms with Gasteiger partial charge in [0.1, 0.15) is 11.9 Å². The van der Waals surface area contributed by atoms with Gasteiger partial charge in [0, 0.05) is 22.0 Å². The maximum atomic E-state index is 10.7. The Balaban J connectivity index is 2.62. The average molecular weight is 368 g/mol. The van der Waals surface area contributed by atoms with Gasteiger partial charge < -0.3 is 5.11 Å². The third kappa shape index (κ3) is 3.49. The van der Waals surface area contributed by atoms with Gasteiger partial charge in [-0.15, -0.1) is 0 Å². The van der Waals surface area contributed by atoms with Crippen LogP contribution >= 0.6 is 15.9 Å². The molecule has 4 heteroatoms. The molecule has 1 aromatic carbocycles. The Bertz CT molecular complexity index is 559. The Kier molecular flexibility index (Phi) is 4.65. The van der Waals surface area contributed by atoms with Crippen molar-refractivity contribution in [2.24, 2.45) is 0 Å². The maximum absolute atomic E-state index is 10.7. The highest BCUT2D eigenvalue weighted by Gasteiger charge is 2.28. The number of alkyl halides is 1. The van der Waals surface area contributed by atoms with Gasteiger partial charge in [-0.1, -0.05) is 57.5 Å². The Labute approximate surface area is 141 Å². The quantitative estimate of drug-likeness (QED) is 0.748. The van der Waals surface area contributed by atoms with E-state index in [1.54, 1.807) is 0 Å². The number of aromatic hydroxyl groups is 1. The minimum atomic E-state index is -0.130. The molecule has 1 aromatic rings. The predicted octanol–water partition coefficient (Wildman–Crippen LogP) is 4.63. The molecular formula is C18H26BrNO2. The van der Waals surface area contributed by atoms with E-state index in [4.69, 9.17) is 4.84 Å². The normalized spacial score (nSPS) is 19.0. The second-order valence-electron chi connectivity index (χ2n) is 7.91. The number of phenols is 1. The molecule has 0 fully saturated rings. The molecule has 0 saturated heterocycles. The van der Waals surface area contributed by atoms with Crippen LogP contribution in [-0.4, -0.2) is 16.5 Å². The smallest absolute Gasteiger partial charge is 0.123 e. The molecule has 1 atom stereocenters. The predicted molar refractivity (Wildman–Crippen MR) is 95.3 cm³/mol. The molecular weight excluding hydrogens is 342 g/mol. The summed E-state index contributed by atoms with van der Waals surface area (Å²) in [5.74, 6) is 0.403. The zero-order chi connectivity index (χ0) is 16.7. The first kappa shape index (κ1) is 17.4. The lowest BCUT2D eigenvalue weighted by molar-refractivity contribution is 0.0658. The van der Waals surface area contributed by atoms with Gasteiger partial charge in [-0.25, -0.2) is 0 Å². The van der Waals surface area contributed by atoms with Crippen LogP contribution in [0.15, 0.2) is 18.2 Å². The van der Waals surface area contributed by atoms with E-state index in [0.29, 0.717) is 5.75 Å². The number of rotatable bonds is 2. The summed E-state index contributed by atoms with van der Waals surface area (Å²) in [6.07, 6.45) is 2.10. The molecule has 22 heavy (non-hydrogen) atoms. The molecule has 0 aliphatic carbocycles. The summed E-state index contributed by atoms with van der Waals surface area (Å²) in [7, 11) is 0. The van der Waals surface area contributed by atoms with Gasteiger partial charge in [0.05, 0.1) is 5.70 Å². The third-order valence-corrected chi connectivity index (χ3v) is 4.50. The lowest BCUT2D eigenvalue weighted by Crippen LogP contribution is -2.18. The van der Waals surface area contributed by atoms with Crippen LogP contribution in [0.1, 0.15) is 58.2 Å². The molecule has 0 bridgehead atoms. The molecule has 1 aliphatic heterocycles. The van der Waals surface area contributed by atoms with E-state index in [-0.39, 0.29) is 16.9 Å². The van der Waals surface area contributed by atoms with Crippen LogP contribution in [-0.2, 0) is 15.7 Å². The van der Waals surface area contributed by atoms with Crippen LogP contribution in [0.3, 0.4) is 0 Å². The molecule has 0 aromatic heterocycles. The van der Waals surface area contributed by atoms with Crippen molar-refractivity contribution in [3.8, 4) is 5.75 Å². The Morgan fingerprint density at radius 2 is 1.59 bits per heavy atom. The molecule has 1 aliphatic rings. The first-order valence-corrected chi connectivity index (χ1v) is 8.74. The fourth-order valence-corrected chi connectivity index (χ4v) is 2.88. The summed E-state index contributed by atoms with van der Waals surface area (Å²) in [4.78, 5) is 5.50. The minimum absolute atomic E-state index is 0.0278. The summed E-state index contributed by atoms with van der Waals surface area (Å²) < 4.78 is 0. The number of hydrogen-bond acceptors (Lipinski definition) is 3. The van der Waals surface area contributed by atoms with Gasteiger partial charge in [-0.2, -0.15) is 0 Å². The summed E-state index contributed by atoms with van der Waals surface area (Å²) in [6.45, 7) is 12.7. The summed E-state index contributed by atoms with van der Waals surface area (Å²) in [5.41, 5.74) is 6.67. The summed E-state index contributed by atoms with van der Waals surface area (Å²) in [5, 5.41) is 11.5. The lowest BCUT2D eigenvalue weighted by Gasteiger charge is -2.28. The average Bonchev–Trinajstić information content (AvgIpc) is 2.85. The molecule has 2 N–H and O–H groups in total. The van der Waals surface area contributed by atoms with Crippen molar-refractivity contribution in [1.82, 2.24) is 5.48 Å². The molecule has 0 unspecified atom stereocenters. The Morgan fingerprint density at radius 1 is 1.09 bits per heavy atom. The maximum Gasteiger partial charge on any atom is 0.123 e. The van der Waals surface area contributed by atoms with Crippen molar-refractivity contribution < 1.29 is 9.94 Å². The second kappa shape index (κ2) is 5.89. The van der Waals surface area contributed by atoms with Crippen molar-refractivity contribution in [1.29, 1.82) is 0 Å². The summed E-state index contributed by atoms with van der Waals surface area (Å²) >= 11 is 3.43. The molecule has 0 saturated carbocycles. The van der Waals surface area contributed by atoms with E-state index < -0.39 is 0 Å². The van der Waals surface area contributed by atoms with E-state index in [2.05, 4.69) is 81.2 Å². The first-order valence-electron chi connectivity index (χ1n) is 7.62. The van der Waals surface area contributed by atoms with Crippen LogP contribution in [0, 0.1) is 0 Å². The highest BCUT2D eigenvalue weighted by atomic mass is 79.9. The van der Waals surface area contributed by atoms with Crippen molar-refractivity contribution in [3.63, 3.8) is 0 Å². The van der Waals surface area contributed by atoms with Crippen LogP contribution in [0.4, 0.5) is 0 Å². The molecule has 2 rings (SSSR count). The largest absolute Gasteiger partial charge is 0.507 e. The van der Waals surface area contributed by atoms with Crippen LogP contribution in [0.2, 0.25) is 0 Å². The molecule has 3 nitrogen and oxygen atoms in total. The molecule has 122 valence electrons. The van der Waals surface area contributed by atoms with Crippen molar-refractivity contribution >= 4 is 21.6 Å². The summed E-state index contributed by atoms with van der Waals surface area (Å²) in [6, 6.07) is 4.12. The Morgan fingerprint density at radius 3 is 1.95 bits per heavy atom. The van der Waals surface area contributed by atoms with E-state index in [9.17, 15) is 5.11 Å². The van der Waals surface area contributed by atoms with E-state index >= 15 is 0 Å². The Hall–Kier alpha value is -1.00. The minimum Gasteiger partial charge on any atom is -0.507 e. The molecule has 0 spiro atoms. The second-order valence-corrected chi connectivity index (χ2v) is 8.56. The number of hydroxylamine groups is 1. The van der Waals surface area contributed by atoms with Gasteiger partial charge in [0.25, 0.3) is 0 Å². The highest BCUT2D eigenvalue weighted by Crippen LogP contribution is 2.41.